The lowest BCUT2D eigenvalue weighted by atomic mass is 9.96. The SMILES string of the molecule is CCN(CC(N)=S)Cc1ccn(C2CCCCC2)n1. The van der Waals surface area contributed by atoms with E-state index in [1.165, 1.54) is 32.1 Å². The van der Waals surface area contributed by atoms with E-state index in [0.29, 0.717) is 17.6 Å². The van der Waals surface area contributed by atoms with Crippen molar-refractivity contribution in [2.45, 2.75) is 51.6 Å². The Hall–Kier alpha value is -0.940. The molecule has 1 saturated carbocycles. The first kappa shape index (κ1) is 14.5. The lowest BCUT2D eigenvalue weighted by Crippen LogP contribution is -2.32. The molecule has 0 bridgehead atoms. The van der Waals surface area contributed by atoms with Gasteiger partial charge in [-0.2, -0.15) is 5.10 Å². The van der Waals surface area contributed by atoms with Gasteiger partial charge in [0.1, 0.15) is 0 Å². The number of hydrogen-bond donors (Lipinski definition) is 1. The molecule has 0 aromatic carbocycles. The average Bonchev–Trinajstić information content (AvgIpc) is 2.87. The first-order valence-corrected chi connectivity index (χ1v) is 7.64. The van der Waals surface area contributed by atoms with Crippen molar-refractivity contribution in [2.75, 3.05) is 13.1 Å². The molecule has 0 radical (unpaired) electrons. The van der Waals surface area contributed by atoms with Crippen LogP contribution in [0.5, 0.6) is 0 Å². The summed E-state index contributed by atoms with van der Waals surface area (Å²) in [5.74, 6) is 0. The molecule has 1 aromatic rings. The Kier molecular flexibility index (Phi) is 5.34. The molecule has 106 valence electrons. The fourth-order valence-electron chi connectivity index (χ4n) is 2.74. The zero-order valence-corrected chi connectivity index (χ0v) is 12.5. The highest BCUT2D eigenvalue weighted by Gasteiger charge is 2.16. The van der Waals surface area contributed by atoms with Crippen LogP contribution in [0.1, 0.15) is 50.8 Å². The summed E-state index contributed by atoms with van der Waals surface area (Å²) in [7, 11) is 0. The zero-order chi connectivity index (χ0) is 13.7. The van der Waals surface area contributed by atoms with Gasteiger partial charge in [0.2, 0.25) is 0 Å². The van der Waals surface area contributed by atoms with Crippen LogP contribution in [0.25, 0.3) is 0 Å². The number of aromatic nitrogens is 2. The van der Waals surface area contributed by atoms with Crippen molar-refractivity contribution in [3.63, 3.8) is 0 Å². The first-order chi connectivity index (χ1) is 9.19. The van der Waals surface area contributed by atoms with Gasteiger partial charge in [0.25, 0.3) is 0 Å². The van der Waals surface area contributed by atoms with E-state index >= 15 is 0 Å². The minimum absolute atomic E-state index is 0.550. The van der Waals surface area contributed by atoms with Crippen molar-refractivity contribution in [1.29, 1.82) is 0 Å². The van der Waals surface area contributed by atoms with Crippen LogP contribution in [0, 0.1) is 0 Å². The Balaban J connectivity index is 1.93. The van der Waals surface area contributed by atoms with Gasteiger partial charge in [-0.3, -0.25) is 9.58 Å². The summed E-state index contributed by atoms with van der Waals surface area (Å²) in [6, 6.07) is 2.73. The lowest BCUT2D eigenvalue weighted by Gasteiger charge is -2.22. The summed E-state index contributed by atoms with van der Waals surface area (Å²) in [5.41, 5.74) is 6.72. The van der Waals surface area contributed by atoms with Crippen LogP contribution in [-0.2, 0) is 6.54 Å². The van der Waals surface area contributed by atoms with Crippen LogP contribution in [0.15, 0.2) is 12.3 Å². The Morgan fingerprint density at radius 2 is 2.21 bits per heavy atom. The molecule has 1 fully saturated rings. The summed E-state index contributed by atoms with van der Waals surface area (Å²) >= 11 is 4.97. The fraction of sp³-hybridized carbons (Fsp3) is 0.714. The molecule has 0 aliphatic heterocycles. The van der Waals surface area contributed by atoms with E-state index in [9.17, 15) is 0 Å². The quantitative estimate of drug-likeness (QED) is 0.813. The van der Waals surface area contributed by atoms with Crippen molar-refractivity contribution in [2.24, 2.45) is 5.73 Å². The number of hydrogen-bond acceptors (Lipinski definition) is 3. The normalized spacial score (nSPS) is 16.9. The van der Waals surface area contributed by atoms with Crippen LogP contribution in [0.2, 0.25) is 0 Å². The monoisotopic (exact) mass is 280 g/mol. The maximum absolute atomic E-state index is 5.61. The number of thiocarbonyl (C=S) groups is 1. The van der Waals surface area contributed by atoms with Gasteiger partial charge in [-0.25, -0.2) is 0 Å². The Bertz CT molecular complexity index is 409. The van der Waals surface area contributed by atoms with Gasteiger partial charge in [0.15, 0.2) is 0 Å². The van der Waals surface area contributed by atoms with Crippen LogP contribution in [0.3, 0.4) is 0 Å². The maximum atomic E-state index is 5.61. The molecule has 2 rings (SSSR count). The van der Waals surface area contributed by atoms with Crippen LogP contribution in [0.4, 0.5) is 0 Å². The third-order valence-electron chi connectivity index (χ3n) is 3.82. The van der Waals surface area contributed by atoms with Crippen LogP contribution in [-0.4, -0.2) is 32.8 Å². The van der Waals surface area contributed by atoms with Gasteiger partial charge in [-0.1, -0.05) is 38.4 Å². The molecule has 5 heteroatoms. The van der Waals surface area contributed by atoms with Crippen LogP contribution < -0.4 is 5.73 Å². The summed E-state index contributed by atoms with van der Waals surface area (Å²) in [4.78, 5) is 2.77. The number of nitrogens with zero attached hydrogens (tertiary/aromatic N) is 3. The number of nitrogens with two attached hydrogens (primary N) is 1. The molecular formula is C14H24N4S. The van der Waals surface area contributed by atoms with Crippen LogP contribution >= 0.6 is 12.2 Å². The summed E-state index contributed by atoms with van der Waals surface area (Å²) in [6.07, 6.45) is 8.71. The summed E-state index contributed by atoms with van der Waals surface area (Å²) in [5, 5.41) is 4.72. The van der Waals surface area contributed by atoms with Gasteiger partial charge < -0.3 is 5.73 Å². The Morgan fingerprint density at radius 1 is 1.47 bits per heavy atom. The molecule has 1 aromatic heterocycles. The van der Waals surface area contributed by atoms with E-state index in [0.717, 1.165) is 18.8 Å². The minimum Gasteiger partial charge on any atom is -0.392 e. The molecule has 1 aliphatic carbocycles. The van der Waals surface area contributed by atoms with Gasteiger partial charge in [0.05, 0.1) is 16.7 Å². The molecule has 0 amide bonds. The molecule has 0 atom stereocenters. The topological polar surface area (TPSA) is 47.1 Å². The van der Waals surface area contributed by atoms with Gasteiger partial charge in [0, 0.05) is 19.3 Å². The highest BCUT2D eigenvalue weighted by molar-refractivity contribution is 7.80. The smallest absolute Gasteiger partial charge is 0.0870 e. The second kappa shape index (κ2) is 7.01. The summed E-state index contributed by atoms with van der Waals surface area (Å²) < 4.78 is 2.16. The van der Waals surface area contributed by atoms with E-state index in [4.69, 9.17) is 23.1 Å². The van der Waals surface area contributed by atoms with Crippen molar-refractivity contribution in [3.05, 3.63) is 18.0 Å². The third-order valence-corrected chi connectivity index (χ3v) is 3.95. The van der Waals surface area contributed by atoms with Gasteiger partial charge in [-0.05, 0) is 25.5 Å². The summed E-state index contributed by atoms with van der Waals surface area (Å²) in [6.45, 7) is 4.56. The molecule has 4 nitrogen and oxygen atoms in total. The van der Waals surface area contributed by atoms with E-state index in [1.807, 2.05) is 0 Å². The standard InChI is InChI=1S/C14H24N4S/c1-2-17(11-14(15)19)10-12-8-9-18(16-12)13-6-4-3-5-7-13/h8-9,13H,2-7,10-11H2,1H3,(H2,15,19). The Labute approximate surface area is 121 Å². The molecule has 0 spiro atoms. The van der Waals surface area contributed by atoms with Crippen molar-refractivity contribution >= 4 is 17.2 Å². The zero-order valence-electron chi connectivity index (χ0n) is 11.7. The fourth-order valence-corrected chi connectivity index (χ4v) is 2.92. The number of rotatable bonds is 6. The van der Waals surface area contributed by atoms with Crippen molar-refractivity contribution < 1.29 is 0 Å². The molecule has 0 unspecified atom stereocenters. The maximum Gasteiger partial charge on any atom is 0.0870 e. The molecular weight excluding hydrogens is 256 g/mol. The molecule has 1 aliphatic rings. The lowest BCUT2D eigenvalue weighted by molar-refractivity contribution is 0.304. The van der Waals surface area contributed by atoms with Gasteiger partial charge in [-0.15, -0.1) is 0 Å². The van der Waals surface area contributed by atoms with E-state index in [-0.39, 0.29) is 0 Å². The van der Waals surface area contributed by atoms with E-state index in [2.05, 4.69) is 28.8 Å². The predicted octanol–water partition coefficient (Wildman–Crippen LogP) is 2.50. The van der Waals surface area contributed by atoms with Gasteiger partial charge >= 0.3 is 0 Å². The van der Waals surface area contributed by atoms with Crippen molar-refractivity contribution in [1.82, 2.24) is 14.7 Å². The second-order valence-electron chi connectivity index (χ2n) is 5.35. The Morgan fingerprint density at radius 3 is 2.84 bits per heavy atom. The second-order valence-corrected chi connectivity index (χ2v) is 5.87. The molecule has 2 N–H and O–H groups in total. The highest BCUT2D eigenvalue weighted by Crippen LogP contribution is 2.27. The predicted molar refractivity (Wildman–Crippen MR) is 82.1 cm³/mol. The molecule has 19 heavy (non-hydrogen) atoms. The third kappa shape index (κ3) is 4.28. The average molecular weight is 280 g/mol. The first-order valence-electron chi connectivity index (χ1n) is 7.23. The molecule has 1 heterocycles. The minimum atomic E-state index is 0.550. The number of likely N-dealkylation sites (N-methyl/N-ethyl adjacent to an activating group) is 1. The van der Waals surface area contributed by atoms with Crippen molar-refractivity contribution in [3.8, 4) is 0 Å². The largest absolute Gasteiger partial charge is 0.392 e. The van der Waals surface area contributed by atoms with E-state index in [1.54, 1.807) is 0 Å². The van der Waals surface area contributed by atoms with E-state index < -0.39 is 0 Å². The molecule has 0 saturated heterocycles. The highest BCUT2D eigenvalue weighted by atomic mass is 32.1.